The van der Waals surface area contributed by atoms with Crippen molar-refractivity contribution >= 4 is 17.5 Å². The maximum atomic E-state index is 13.2. The standard InChI is InChI=1S/C10H7F2N5O2/c11-6-1-2-7(12)8(3-6)15-9(18)10(19)16-17-4-13-14-5-17/h1-5H,(H,15,18)(H,16,19). The van der Waals surface area contributed by atoms with Gasteiger partial charge in [0.25, 0.3) is 0 Å². The fraction of sp³-hybridized carbons (Fsp3) is 0. The summed E-state index contributed by atoms with van der Waals surface area (Å²) in [4.78, 5) is 22.8. The van der Waals surface area contributed by atoms with Crippen molar-refractivity contribution in [3.8, 4) is 0 Å². The van der Waals surface area contributed by atoms with E-state index in [4.69, 9.17) is 0 Å². The van der Waals surface area contributed by atoms with E-state index in [0.717, 1.165) is 35.5 Å². The van der Waals surface area contributed by atoms with Crippen molar-refractivity contribution in [3.05, 3.63) is 42.5 Å². The second-order valence-electron chi connectivity index (χ2n) is 3.39. The molecule has 0 fully saturated rings. The number of halogens is 2. The van der Waals surface area contributed by atoms with Gasteiger partial charge in [-0.15, -0.1) is 10.2 Å². The van der Waals surface area contributed by atoms with Gasteiger partial charge in [-0.25, -0.2) is 13.5 Å². The lowest BCUT2D eigenvalue weighted by Crippen LogP contribution is -2.33. The first-order chi connectivity index (χ1) is 9.06. The number of carbonyl (C=O) groups excluding carboxylic acids is 2. The van der Waals surface area contributed by atoms with Gasteiger partial charge < -0.3 is 5.32 Å². The number of aromatic nitrogens is 3. The zero-order valence-corrected chi connectivity index (χ0v) is 9.30. The Morgan fingerprint density at radius 2 is 1.79 bits per heavy atom. The molecule has 0 bridgehead atoms. The molecule has 0 aliphatic rings. The van der Waals surface area contributed by atoms with Crippen LogP contribution in [0.5, 0.6) is 0 Å². The largest absolute Gasteiger partial charge is 0.328 e. The summed E-state index contributed by atoms with van der Waals surface area (Å²) in [5.41, 5.74) is 1.67. The monoisotopic (exact) mass is 267 g/mol. The van der Waals surface area contributed by atoms with E-state index in [-0.39, 0.29) is 0 Å². The summed E-state index contributed by atoms with van der Waals surface area (Å²) in [6.07, 6.45) is 2.29. The molecule has 1 aromatic heterocycles. The number of nitrogens with zero attached hydrogens (tertiary/aromatic N) is 3. The fourth-order valence-corrected chi connectivity index (χ4v) is 1.20. The predicted molar refractivity (Wildman–Crippen MR) is 59.4 cm³/mol. The van der Waals surface area contributed by atoms with E-state index in [2.05, 4.69) is 15.6 Å². The van der Waals surface area contributed by atoms with Crippen molar-refractivity contribution in [1.82, 2.24) is 14.9 Å². The Balaban J connectivity index is 2.04. The minimum Gasteiger partial charge on any atom is -0.315 e. The van der Waals surface area contributed by atoms with E-state index in [1.54, 1.807) is 0 Å². The molecule has 0 saturated heterocycles. The third kappa shape index (κ3) is 3.09. The van der Waals surface area contributed by atoms with Crippen LogP contribution in [0.1, 0.15) is 0 Å². The molecule has 9 heteroatoms. The highest BCUT2D eigenvalue weighted by molar-refractivity contribution is 6.42. The maximum Gasteiger partial charge on any atom is 0.328 e. The summed E-state index contributed by atoms with van der Waals surface area (Å²) in [5.74, 6) is -3.83. The molecule has 1 aromatic carbocycles. The van der Waals surface area contributed by atoms with Crippen LogP contribution >= 0.6 is 0 Å². The van der Waals surface area contributed by atoms with Crippen LogP contribution in [0.25, 0.3) is 0 Å². The lowest BCUT2D eigenvalue weighted by atomic mass is 10.3. The van der Waals surface area contributed by atoms with Gasteiger partial charge in [-0.2, -0.15) is 0 Å². The number of anilines is 1. The number of hydrogen-bond donors (Lipinski definition) is 2. The number of nitrogens with one attached hydrogen (secondary N) is 2. The molecule has 0 spiro atoms. The molecule has 19 heavy (non-hydrogen) atoms. The zero-order chi connectivity index (χ0) is 13.8. The third-order valence-corrected chi connectivity index (χ3v) is 2.03. The molecule has 7 nitrogen and oxygen atoms in total. The van der Waals surface area contributed by atoms with Crippen molar-refractivity contribution < 1.29 is 18.4 Å². The zero-order valence-electron chi connectivity index (χ0n) is 9.30. The van der Waals surface area contributed by atoms with Gasteiger partial charge in [0.1, 0.15) is 24.3 Å². The van der Waals surface area contributed by atoms with Gasteiger partial charge in [0.05, 0.1) is 5.69 Å². The molecule has 2 rings (SSSR count). The number of benzene rings is 1. The first-order valence-electron chi connectivity index (χ1n) is 4.98. The number of amides is 2. The Morgan fingerprint density at radius 3 is 2.47 bits per heavy atom. The molecule has 0 unspecified atom stereocenters. The molecule has 0 aliphatic heterocycles. The van der Waals surface area contributed by atoms with Crippen molar-refractivity contribution in [3.63, 3.8) is 0 Å². The summed E-state index contributed by atoms with van der Waals surface area (Å²) in [6, 6.07) is 2.49. The Kier molecular flexibility index (Phi) is 3.46. The highest BCUT2D eigenvalue weighted by Crippen LogP contribution is 2.14. The van der Waals surface area contributed by atoms with Crippen LogP contribution in [-0.4, -0.2) is 26.7 Å². The van der Waals surface area contributed by atoms with Crippen LogP contribution in [0.3, 0.4) is 0 Å². The van der Waals surface area contributed by atoms with Crippen LogP contribution < -0.4 is 10.7 Å². The van der Waals surface area contributed by atoms with Gasteiger partial charge in [0.15, 0.2) is 0 Å². The normalized spacial score (nSPS) is 10.0. The number of hydrogen-bond acceptors (Lipinski definition) is 4. The summed E-state index contributed by atoms with van der Waals surface area (Å²) in [7, 11) is 0. The second-order valence-corrected chi connectivity index (χ2v) is 3.39. The van der Waals surface area contributed by atoms with Gasteiger partial charge in [0.2, 0.25) is 0 Å². The highest BCUT2D eigenvalue weighted by Gasteiger charge is 2.16. The van der Waals surface area contributed by atoms with E-state index >= 15 is 0 Å². The number of rotatable bonds is 2. The minimum absolute atomic E-state index is 0.427. The average molecular weight is 267 g/mol. The quantitative estimate of drug-likeness (QED) is 0.764. The molecule has 0 atom stereocenters. The fourth-order valence-electron chi connectivity index (χ4n) is 1.20. The van der Waals surface area contributed by atoms with Crippen LogP contribution in [-0.2, 0) is 9.59 Å². The molecule has 1 heterocycles. The summed E-state index contributed by atoms with van der Waals surface area (Å²) in [5, 5.41) is 8.75. The lowest BCUT2D eigenvalue weighted by molar-refractivity contribution is -0.133. The summed E-state index contributed by atoms with van der Waals surface area (Å²) >= 11 is 0. The first-order valence-corrected chi connectivity index (χ1v) is 4.98. The van der Waals surface area contributed by atoms with Crippen molar-refractivity contribution in [2.45, 2.75) is 0 Å². The van der Waals surface area contributed by atoms with Crippen LogP contribution in [0, 0.1) is 11.6 Å². The van der Waals surface area contributed by atoms with E-state index in [9.17, 15) is 18.4 Å². The van der Waals surface area contributed by atoms with E-state index < -0.39 is 29.1 Å². The number of carbonyl (C=O) groups is 2. The SMILES string of the molecule is O=C(Nc1cc(F)ccc1F)C(=O)Nn1cnnc1. The molecular weight excluding hydrogens is 260 g/mol. The maximum absolute atomic E-state index is 13.2. The Hall–Kier alpha value is -2.84. The molecule has 2 amide bonds. The van der Waals surface area contributed by atoms with Gasteiger partial charge in [-0.05, 0) is 12.1 Å². The molecule has 2 N–H and O–H groups in total. The van der Waals surface area contributed by atoms with Crippen molar-refractivity contribution in [1.29, 1.82) is 0 Å². The van der Waals surface area contributed by atoms with E-state index in [0.29, 0.717) is 0 Å². The first kappa shape index (κ1) is 12.6. The second kappa shape index (κ2) is 5.21. The smallest absolute Gasteiger partial charge is 0.315 e. The molecule has 0 radical (unpaired) electrons. The molecule has 2 aromatic rings. The Labute approximate surface area is 105 Å². The minimum atomic E-state index is -1.15. The van der Waals surface area contributed by atoms with E-state index in [1.807, 2.05) is 5.32 Å². The topological polar surface area (TPSA) is 88.9 Å². The van der Waals surface area contributed by atoms with Crippen LogP contribution in [0.4, 0.5) is 14.5 Å². The molecule has 98 valence electrons. The van der Waals surface area contributed by atoms with Crippen molar-refractivity contribution in [2.24, 2.45) is 0 Å². The molecular formula is C10H7F2N5O2. The molecule has 0 saturated carbocycles. The Morgan fingerprint density at radius 1 is 1.11 bits per heavy atom. The summed E-state index contributed by atoms with van der Waals surface area (Å²) in [6.45, 7) is 0. The predicted octanol–water partition coefficient (Wildman–Crippen LogP) is 0.265. The Bertz CT molecular complexity index is 614. The van der Waals surface area contributed by atoms with Gasteiger partial charge >= 0.3 is 11.8 Å². The van der Waals surface area contributed by atoms with Gasteiger partial charge in [-0.3, -0.25) is 15.0 Å². The lowest BCUT2D eigenvalue weighted by Gasteiger charge is -2.07. The van der Waals surface area contributed by atoms with Gasteiger partial charge in [0, 0.05) is 6.07 Å². The van der Waals surface area contributed by atoms with Crippen molar-refractivity contribution in [2.75, 3.05) is 10.7 Å². The van der Waals surface area contributed by atoms with Gasteiger partial charge in [-0.1, -0.05) is 0 Å². The van der Waals surface area contributed by atoms with Crippen LogP contribution in [0.2, 0.25) is 0 Å². The highest BCUT2D eigenvalue weighted by atomic mass is 19.1. The third-order valence-electron chi connectivity index (χ3n) is 2.03. The van der Waals surface area contributed by atoms with E-state index in [1.165, 1.54) is 0 Å². The molecule has 0 aliphatic carbocycles. The summed E-state index contributed by atoms with van der Waals surface area (Å²) < 4.78 is 27.1. The average Bonchev–Trinajstić information content (AvgIpc) is 2.86. The van der Waals surface area contributed by atoms with Crippen LogP contribution in [0.15, 0.2) is 30.9 Å².